The summed E-state index contributed by atoms with van der Waals surface area (Å²) in [5.41, 5.74) is 6.56. The zero-order valence-electron chi connectivity index (χ0n) is 8.22. The van der Waals surface area contributed by atoms with Crippen molar-refractivity contribution in [2.45, 2.75) is 0 Å². The number of carbonyl (C=O) groups is 1. The average molecular weight is 234 g/mol. The highest BCUT2D eigenvalue weighted by Crippen LogP contribution is 2.25. The lowest BCUT2D eigenvalue weighted by atomic mass is 10.2. The van der Waals surface area contributed by atoms with Gasteiger partial charge in [0, 0.05) is 11.8 Å². The number of aldehydes is 1. The zero-order chi connectivity index (χ0) is 11.5. The van der Waals surface area contributed by atoms with Crippen molar-refractivity contribution in [2.75, 3.05) is 5.73 Å². The summed E-state index contributed by atoms with van der Waals surface area (Å²) in [7, 11) is 0. The lowest BCUT2D eigenvalue weighted by Crippen LogP contribution is -2.00. The van der Waals surface area contributed by atoms with Gasteiger partial charge in [0.2, 0.25) is 0 Å². The van der Waals surface area contributed by atoms with Gasteiger partial charge < -0.3 is 5.73 Å². The van der Waals surface area contributed by atoms with E-state index in [2.05, 4.69) is 9.97 Å². The van der Waals surface area contributed by atoms with Gasteiger partial charge in [0.1, 0.15) is 5.82 Å². The number of nitrogens with two attached hydrogens (primary N) is 1. The highest BCUT2D eigenvalue weighted by molar-refractivity contribution is 6.33. The van der Waals surface area contributed by atoms with Crippen molar-refractivity contribution in [2.24, 2.45) is 0 Å². The Morgan fingerprint density at radius 1 is 1.31 bits per heavy atom. The van der Waals surface area contributed by atoms with Crippen LogP contribution in [0.1, 0.15) is 10.4 Å². The molecule has 0 aliphatic rings. The van der Waals surface area contributed by atoms with Gasteiger partial charge in [-0.25, -0.2) is 9.97 Å². The van der Waals surface area contributed by atoms with Crippen LogP contribution >= 0.6 is 11.6 Å². The molecular formula is C11H8ClN3O. The van der Waals surface area contributed by atoms with Crippen molar-refractivity contribution < 1.29 is 4.79 Å². The number of nitrogen functional groups attached to an aromatic ring is 1. The molecule has 0 radical (unpaired) electrons. The highest BCUT2D eigenvalue weighted by atomic mass is 35.5. The molecule has 0 spiro atoms. The van der Waals surface area contributed by atoms with Crippen molar-refractivity contribution >= 4 is 23.7 Å². The van der Waals surface area contributed by atoms with Gasteiger partial charge in [0.05, 0.1) is 10.6 Å². The second-order valence-electron chi connectivity index (χ2n) is 3.13. The molecule has 0 saturated carbocycles. The van der Waals surface area contributed by atoms with Crippen LogP contribution in [0.3, 0.4) is 0 Å². The third kappa shape index (κ3) is 1.87. The van der Waals surface area contributed by atoms with Crippen molar-refractivity contribution in [3.8, 4) is 11.4 Å². The standard InChI is InChI=1S/C11H8ClN3O/c12-9-4-2-1-3-8(9)11-14-5-7(6-16)10(13)15-11/h1-6H,(H2,13,14,15). The quantitative estimate of drug-likeness (QED) is 0.808. The Kier molecular flexibility index (Phi) is 2.83. The largest absolute Gasteiger partial charge is 0.383 e. The van der Waals surface area contributed by atoms with Gasteiger partial charge in [0.25, 0.3) is 0 Å². The van der Waals surface area contributed by atoms with E-state index in [0.29, 0.717) is 22.7 Å². The Hall–Kier alpha value is -1.94. The predicted molar refractivity (Wildman–Crippen MR) is 62.3 cm³/mol. The van der Waals surface area contributed by atoms with Gasteiger partial charge >= 0.3 is 0 Å². The summed E-state index contributed by atoms with van der Waals surface area (Å²) in [5.74, 6) is 0.564. The van der Waals surface area contributed by atoms with Gasteiger partial charge in [-0.15, -0.1) is 0 Å². The van der Waals surface area contributed by atoms with E-state index in [0.717, 1.165) is 0 Å². The molecule has 0 aliphatic heterocycles. The Morgan fingerprint density at radius 2 is 2.06 bits per heavy atom. The minimum absolute atomic E-state index is 0.153. The number of aromatic nitrogens is 2. The number of rotatable bonds is 2. The van der Waals surface area contributed by atoms with Crippen LogP contribution < -0.4 is 5.73 Å². The molecule has 0 fully saturated rings. The first kappa shape index (κ1) is 10.6. The molecule has 1 aromatic carbocycles. The van der Waals surface area contributed by atoms with E-state index in [-0.39, 0.29) is 11.4 Å². The lowest BCUT2D eigenvalue weighted by Gasteiger charge is -2.04. The summed E-state index contributed by atoms with van der Waals surface area (Å²) in [6.45, 7) is 0. The minimum Gasteiger partial charge on any atom is -0.383 e. The van der Waals surface area contributed by atoms with Crippen LogP contribution in [0.5, 0.6) is 0 Å². The molecule has 1 heterocycles. The van der Waals surface area contributed by atoms with Crippen LogP contribution in [0.15, 0.2) is 30.5 Å². The maximum absolute atomic E-state index is 10.6. The van der Waals surface area contributed by atoms with Crippen LogP contribution in [0.4, 0.5) is 5.82 Å². The number of anilines is 1. The molecule has 0 atom stereocenters. The van der Waals surface area contributed by atoms with Gasteiger partial charge in [-0.1, -0.05) is 23.7 Å². The maximum Gasteiger partial charge on any atom is 0.163 e. The van der Waals surface area contributed by atoms with E-state index in [4.69, 9.17) is 17.3 Å². The Morgan fingerprint density at radius 3 is 2.69 bits per heavy atom. The van der Waals surface area contributed by atoms with Crippen molar-refractivity contribution in [1.82, 2.24) is 9.97 Å². The highest BCUT2D eigenvalue weighted by Gasteiger charge is 2.08. The van der Waals surface area contributed by atoms with Crippen molar-refractivity contribution in [3.05, 3.63) is 41.0 Å². The van der Waals surface area contributed by atoms with E-state index >= 15 is 0 Å². The summed E-state index contributed by atoms with van der Waals surface area (Å²) in [5, 5.41) is 0.542. The first-order chi connectivity index (χ1) is 7.72. The molecular weight excluding hydrogens is 226 g/mol. The smallest absolute Gasteiger partial charge is 0.163 e. The Balaban J connectivity index is 2.54. The molecule has 0 bridgehead atoms. The Labute approximate surface area is 97.1 Å². The fraction of sp³-hybridized carbons (Fsp3) is 0. The molecule has 2 aromatic rings. The summed E-state index contributed by atoms with van der Waals surface area (Å²) in [6, 6.07) is 7.17. The maximum atomic E-state index is 10.6. The molecule has 4 nitrogen and oxygen atoms in total. The first-order valence-electron chi connectivity index (χ1n) is 4.55. The van der Waals surface area contributed by atoms with Crippen LogP contribution in [0.25, 0.3) is 11.4 Å². The van der Waals surface area contributed by atoms with E-state index in [1.807, 2.05) is 12.1 Å². The summed E-state index contributed by atoms with van der Waals surface area (Å²) < 4.78 is 0. The van der Waals surface area contributed by atoms with Gasteiger partial charge in [-0.05, 0) is 12.1 Å². The van der Waals surface area contributed by atoms with Gasteiger partial charge in [0.15, 0.2) is 12.1 Å². The zero-order valence-corrected chi connectivity index (χ0v) is 8.98. The third-order valence-corrected chi connectivity index (χ3v) is 2.42. The molecule has 1 aromatic heterocycles. The molecule has 2 rings (SSSR count). The molecule has 16 heavy (non-hydrogen) atoms. The number of benzene rings is 1. The SMILES string of the molecule is Nc1nc(-c2ccccc2Cl)ncc1C=O. The van der Waals surface area contributed by atoms with Crippen LogP contribution in [0, 0.1) is 0 Å². The average Bonchev–Trinajstić information content (AvgIpc) is 2.29. The van der Waals surface area contributed by atoms with Gasteiger partial charge in [-0.2, -0.15) is 0 Å². The summed E-state index contributed by atoms with van der Waals surface area (Å²) in [4.78, 5) is 18.6. The summed E-state index contributed by atoms with van der Waals surface area (Å²) in [6.07, 6.45) is 2.00. The second kappa shape index (κ2) is 4.28. The Bertz CT molecular complexity index is 543. The van der Waals surface area contributed by atoms with Crippen LogP contribution in [0.2, 0.25) is 5.02 Å². The topological polar surface area (TPSA) is 68.9 Å². The normalized spacial score (nSPS) is 10.1. The molecule has 80 valence electrons. The number of nitrogens with zero attached hydrogens (tertiary/aromatic N) is 2. The molecule has 0 aliphatic carbocycles. The van der Waals surface area contributed by atoms with Crippen LogP contribution in [-0.2, 0) is 0 Å². The summed E-state index contributed by atoms with van der Waals surface area (Å²) >= 11 is 5.99. The van der Waals surface area contributed by atoms with E-state index in [1.165, 1.54) is 6.20 Å². The number of hydrogen-bond donors (Lipinski definition) is 1. The fourth-order valence-corrected chi connectivity index (χ4v) is 1.49. The number of carbonyl (C=O) groups excluding carboxylic acids is 1. The number of halogens is 1. The molecule has 5 heteroatoms. The minimum atomic E-state index is 0.153. The lowest BCUT2D eigenvalue weighted by molar-refractivity contribution is 0.112. The third-order valence-electron chi connectivity index (χ3n) is 2.09. The van der Waals surface area contributed by atoms with E-state index < -0.39 is 0 Å². The van der Waals surface area contributed by atoms with Crippen molar-refractivity contribution in [1.29, 1.82) is 0 Å². The number of hydrogen-bond acceptors (Lipinski definition) is 4. The van der Waals surface area contributed by atoms with Gasteiger partial charge in [-0.3, -0.25) is 4.79 Å². The predicted octanol–water partition coefficient (Wildman–Crippen LogP) is 2.19. The molecule has 0 saturated heterocycles. The van der Waals surface area contributed by atoms with E-state index in [1.54, 1.807) is 12.1 Å². The van der Waals surface area contributed by atoms with Crippen molar-refractivity contribution in [3.63, 3.8) is 0 Å². The monoisotopic (exact) mass is 233 g/mol. The second-order valence-corrected chi connectivity index (χ2v) is 3.54. The first-order valence-corrected chi connectivity index (χ1v) is 4.93. The molecule has 0 amide bonds. The van der Waals surface area contributed by atoms with E-state index in [9.17, 15) is 4.79 Å². The fourth-order valence-electron chi connectivity index (χ4n) is 1.27. The molecule has 0 unspecified atom stereocenters. The van der Waals surface area contributed by atoms with Crippen LogP contribution in [-0.4, -0.2) is 16.3 Å². The molecule has 2 N–H and O–H groups in total.